The molecule has 2 rings (SSSR count). The summed E-state index contributed by atoms with van der Waals surface area (Å²) in [5.74, 6) is -2.32. The van der Waals surface area contributed by atoms with E-state index >= 15 is 0 Å². The summed E-state index contributed by atoms with van der Waals surface area (Å²) in [6.07, 6.45) is 1.48. The van der Waals surface area contributed by atoms with Crippen LogP contribution in [-0.4, -0.2) is 4.98 Å². The monoisotopic (exact) mass is 314 g/mol. The number of anilines is 1. The van der Waals surface area contributed by atoms with Crippen LogP contribution in [0.15, 0.2) is 28.9 Å². The van der Waals surface area contributed by atoms with Gasteiger partial charge in [0.2, 0.25) is 11.7 Å². The standard InChI is InChI=1S/C12H9BrF2N2O/c1-6-2-3-17-12(11(6)16)18-9-5-7(13)4-8(14)10(9)15/h2-5H,16H2,1H3. The Kier molecular flexibility index (Phi) is 3.47. The average Bonchev–Trinajstić information content (AvgIpc) is 2.31. The maximum absolute atomic E-state index is 13.5. The van der Waals surface area contributed by atoms with E-state index in [1.165, 1.54) is 12.3 Å². The summed E-state index contributed by atoms with van der Waals surface area (Å²) in [6, 6.07) is 4.01. The molecule has 0 aliphatic carbocycles. The number of hydrogen-bond acceptors (Lipinski definition) is 3. The highest BCUT2D eigenvalue weighted by atomic mass is 79.9. The minimum absolute atomic E-state index is 0.0476. The number of nitrogen functional groups attached to an aromatic ring is 1. The second kappa shape index (κ2) is 4.89. The zero-order valence-corrected chi connectivity index (χ0v) is 11.0. The molecule has 0 atom stereocenters. The lowest BCUT2D eigenvalue weighted by Gasteiger charge is -2.10. The molecule has 1 aromatic carbocycles. The van der Waals surface area contributed by atoms with Gasteiger partial charge in [0.05, 0.1) is 5.69 Å². The summed E-state index contributed by atoms with van der Waals surface area (Å²) in [5.41, 5.74) is 6.78. The van der Waals surface area contributed by atoms with Crippen LogP contribution in [0.4, 0.5) is 14.5 Å². The van der Waals surface area contributed by atoms with Crippen molar-refractivity contribution < 1.29 is 13.5 Å². The van der Waals surface area contributed by atoms with Crippen molar-refractivity contribution in [3.63, 3.8) is 0 Å². The summed E-state index contributed by atoms with van der Waals surface area (Å²) < 4.78 is 32.3. The van der Waals surface area contributed by atoms with Crippen molar-refractivity contribution in [1.29, 1.82) is 0 Å². The van der Waals surface area contributed by atoms with Crippen LogP contribution in [0.3, 0.4) is 0 Å². The molecule has 2 aromatic rings. The quantitative estimate of drug-likeness (QED) is 0.858. The molecule has 0 aliphatic heterocycles. The molecule has 94 valence electrons. The molecule has 1 heterocycles. The number of hydrogen-bond donors (Lipinski definition) is 1. The number of aryl methyl sites for hydroxylation is 1. The Labute approximate surface area is 111 Å². The van der Waals surface area contributed by atoms with Gasteiger partial charge in [0.15, 0.2) is 11.6 Å². The molecule has 0 saturated heterocycles. The molecule has 0 bridgehead atoms. The van der Waals surface area contributed by atoms with E-state index in [0.717, 1.165) is 11.6 Å². The molecule has 0 aliphatic rings. The fraction of sp³-hybridized carbons (Fsp3) is 0.0833. The van der Waals surface area contributed by atoms with Gasteiger partial charge in [-0.25, -0.2) is 9.37 Å². The van der Waals surface area contributed by atoms with Crippen LogP contribution < -0.4 is 10.5 Å². The largest absolute Gasteiger partial charge is 0.434 e. The number of aromatic nitrogens is 1. The van der Waals surface area contributed by atoms with Gasteiger partial charge in [-0.05, 0) is 30.7 Å². The van der Waals surface area contributed by atoms with Gasteiger partial charge in [0.25, 0.3) is 0 Å². The van der Waals surface area contributed by atoms with Crippen molar-refractivity contribution in [1.82, 2.24) is 4.98 Å². The normalized spacial score (nSPS) is 10.4. The molecule has 0 saturated carbocycles. The fourth-order valence-corrected chi connectivity index (χ4v) is 1.75. The molecule has 0 fully saturated rings. The minimum atomic E-state index is -1.08. The zero-order valence-electron chi connectivity index (χ0n) is 9.38. The first-order chi connectivity index (χ1) is 8.49. The Bertz CT molecular complexity index is 605. The van der Waals surface area contributed by atoms with E-state index in [2.05, 4.69) is 20.9 Å². The second-order valence-electron chi connectivity index (χ2n) is 3.65. The number of benzene rings is 1. The Morgan fingerprint density at radius 3 is 2.78 bits per heavy atom. The van der Waals surface area contributed by atoms with Gasteiger partial charge in [-0.15, -0.1) is 0 Å². The second-order valence-corrected chi connectivity index (χ2v) is 4.56. The molecule has 2 N–H and O–H groups in total. The van der Waals surface area contributed by atoms with Gasteiger partial charge in [0, 0.05) is 10.7 Å². The molecule has 0 spiro atoms. The molecule has 6 heteroatoms. The minimum Gasteiger partial charge on any atom is -0.434 e. The van der Waals surface area contributed by atoms with Gasteiger partial charge >= 0.3 is 0 Å². The summed E-state index contributed by atoms with van der Waals surface area (Å²) in [5, 5.41) is 0. The maximum atomic E-state index is 13.5. The van der Waals surface area contributed by atoms with Gasteiger partial charge in [-0.2, -0.15) is 4.39 Å². The highest BCUT2D eigenvalue weighted by Gasteiger charge is 2.14. The molecule has 1 aromatic heterocycles. The Balaban J connectivity index is 2.43. The molecule has 0 radical (unpaired) electrons. The molecule has 0 amide bonds. The third-order valence-electron chi connectivity index (χ3n) is 2.34. The summed E-state index contributed by atoms with van der Waals surface area (Å²) in [6.45, 7) is 1.77. The molecule has 0 unspecified atom stereocenters. The number of nitrogens with zero attached hydrogens (tertiary/aromatic N) is 1. The van der Waals surface area contributed by atoms with Crippen LogP contribution >= 0.6 is 15.9 Å². The van der Waals surface area contributed by atoms with Crippen LogP contribution in [0, 0.1) is 18.6 Å². The van der Waals surface area contributed by atoms with Crippen molar-refractivity contribution >= 4 is 21.6 Å². The highest BCUT2D eigenvalue weighted by molar-refractivity contribution is 9.10. The fourth-order valence-electron chi connectivity index (χ4n) is 1.34. The van der Waals surface area contributed by atoms with Crippen LogP contribution in [0.1, 0.15) is 5.56 Å². The van der Waals surface area contributed by atoms with Gasteiger partial charge in [-0.3, -0.25) is 0 Å². The number of rotatable bonds is 2. The molecule has 3 nitrogen and oxygen atoms in total. The van der Waals surface area contributed by atoms with Crippen LogP contribution in [0.25, 0.3) is 0 Å². The highest BCUT2D eigenvalue weighted by Crippen LogP contribution is 2.32. The first-order valence-corrected chi connectivity index (χ1v) is 5.82. The third kappa shape index (κ3) is 2.43. The first kappa shape index (κ1) is 12.8. The molecule has 18 heavy (non-hydrogen) atoms. The van der Waals surface area contributed by atoms with Gasteiger partial charge in [0.1, 0.15) is 0 Å². The SMILES string of the molecule is Cc1ccnc(Oc2cc(Br)cc(F)c2F)c1N. The lowest BCUT2D eigenvalue weighted by Crippen LogP contribution is -1.99. The number of halogens is 3. The number of nitrogens with two attached hydrogens (primary N) is 1. The van der Waals surface area contributed by atoms with E-state index in [9.17, 15) is 8.78 Å². The van der Waals surface area contributed by atoms with Crippen molar-refractivity contribution in [2.24, 2.45) is 0 Å². The van der Waals surface area contributed by atoms with E-state index in [4.69, 9.17) is 10.5 Å². The molecular weight excluding hydrogens is 306 g/mol. The van der Waals surface area contributed by atoms with Gasteiger partial charge < -0.3 is 10.5 Å². The number of pyridine rings is 1. The Morgan fingerprint density at radius 2 is 2.06 bits per heavy atom. The van der Waals surface area contributed by atoms with E-state index < -0.39 is 11.6 Å². The number of ether oxygens (including phenoxy) is 1. The Hall–Kier alpha value is -1.69. The van der Waals surface area contributed by atoms with Crippen molar-refractivity contribution in [2.75, 3.05) is 5.73 Å². The first-order valence-electron chi connectivity index (χ1n) is 5.02. The van der Waals surface area contributed by atoms with Crippen LogP contribution in [0.5, 0.6) is 11.6 Å². The van der Waals surface area contributed by atoms with Crippen molar-refractivity contribution in [3.05, 3.63) is 46.1 Å². The predicted molar refractivity (Wildman–Crippen MR) is 67.5 cm³/mol. The van der Waals surface area contributed by atoms with E-state index in [1.807, 2.05) is 0 Å². The third-order valence-corrected chi connectivity index (χ3v) is 2.80. The van der Waals surface area contributed by atoms with E-state index in [0.29, 0.717) is 4.47 Å². The molecular formula is C12H9BrF2N2O. The summed E-state index contributed by atoms with van der Waals surface area (Å²) in [4.78, 5) is 3.88. The summed E-state index contributed by atoms with van der Waals surface area (Å²) in [7, 11) is 0. The lowest BCUT2D eigenvalue weighted by molar-refractivity contribution is 0.406. The average molecular weight is 315 g/mol. The Morgan fingerprint density at radius 1 is 1.33 bits per heavy atom. The van der Waals surface area contributed by atoms with Crippen molar-refractivity contribution in [2.45, 2.75) is 6.92 Å². The zero-order chi connectivity index (χ0) is 13.3. The van der Waals surface area contributed by atoms with Gasteiger partial charge in [-0.1, -0.05) is 15.9 Å². The predicted octanol–water partition coefficient (Wildman–Crippen LogP) is 3.81. The van der Waals surface area contributed by atoms with Crippen LogP contribution in [0.2, 0.25) is 0 Å². The van der Waals surface area contributed by atoms with E-state index in [1.54, 1.807) is 13.0 Å². The summed E-state index contributed by atoms with van der Waals surface area (Å²) >= 11 is 3.06. The van der Waals surface area contributed by atoms with Crippen molar-refractivity contribution in [3.8, 4) is 11.6 Å². The lowest BCUT2D eigenvalue weighted by atomic mass is 10.2. The van der Waals surface area contributed by atoms with E-state index in [-0.39, 0.29) is 17.3 Å². The van der Waals surface area contributed by atoms with Crippen LogP contribution in [-0.2, 0) is 0 Å². The maximum Gasteiger partial charge on any atom is 0.243 e. The smallest absolute Gasteiger partial charge is 0.243 e. The topological polar surface area (TPSA) is 48.1 Å².